The van der Waals surface area contributed by atoms with E-state index in [0.29, 0.717) is 0 Å². The first-order valence-electron chi connectivity index (χ1n) is 4.65. The van der Waals surface area contributed by atoms with Gasteiger partial charge in [0.15, 0.2) is 0 Å². The van der Waals surface area contributed by atoms with Crippen molar-refractivity contribution >= 4 is 29.5 Å². The van der Waals surface area contributed by atoms with Gasteiger partial charge in [-0.2, -0.15) is 0 Å². The molecule has 0 fully saturated rings. The molecule has 2 atom stereocenters. The first-order chi connectivity index (χ1) is 6.79. The first-order valence-corrected chi connectivity index (χ1v) is 6.58. The summed E-state index contributed by atoms with van der Waals surface area (Å²) in [5.74, 6) is 0.0820. The summed E-state index contributed by atoms with van der Waals surface area (Å²) in [5, 5.41) is 11.4. The van der Waals surface area contributed by atoms with Crippen LogP contribution in [-0.4, -0.2) is 22.1 Å². The smallest absolute Gasteiger partial charge is 0.312 e. The second-order valence-corrected chi connectivity index (χ2v) is 5.66. The van der Waals surface area contributed by atoms with Gasteiger partial charge in [0.2, 0.25) is 0 Å². The minimum absolute atomic E-state index is 0.212. The first kappa shape index (κ1) is 10.2. The molecule has 0 aromatic carbocycles. The molecule has 2 aliphatic heterocycles. The van der Waals surface area contributed by atoms with Gasteiger partial charge in [-0.05, 0) is 23.2 Å². The Hall–Kier alpha value is -0.350. The number of aliphatic carboxylic acids is 1. The molecule has 2 rings (SSSR count). The second kappa shape index (κ2) is 4.45. The summed E-state index contributed by atoms with van der Waals surface area (Å²) in [5.41, 5.74) is 0. The minimum atomic E-state index is -0.674. The molecule has 4 heteroatoms. The average molecular weight is 228 g/mol. The lowest BCUT2D eigenvalue weighted by Crippen LogP contribution is -2.24. The van der Waals surface area contributed by atoms with Crippen LogP contribution in [0.15, 0.2) is 22.5 Å². The number of hydrogen-bond donors (Lipinski definition) is 1. The Balaban J connectivity index is 2.10. The van der Waals surface area contributed by atoms with Gasteiger partial charge in [0, 0.05) is 11.0 Å². The fourth-order valence-corrected chi connectivity index (χ4v) is 4.04. The molecule has 0 amide bonds. The summed E-state index contributed by atoms with van der Waals surface area (Å²) in [7, 11) is 0. The molecular formula is C10H12O2S2. The fraction of sp³-hybridized carbons (Fsp3) is 0.500. The second-order valence-electron chi connectivity index (χ2n) is 3.34. The summed E-state index contributed by atoms with van der Waals surface area (Å²) in [4.78, 5) is 12.2. The molecule has 2 aliphatic rings. The van der Waals surface area contributed by atoms with E-state index in [9.17, 15) is 9.90 Å². The molecule has 1 N–H and O–H groups in total. The normalized spacial score (nSPS) is 27.7. The molecule has 76 valence electrons. The highest BCUT2D eigenvalue weighted by molar-refractivity contribution is 8.04. The van der Waals surface area contributed by atoms with Gasteiger partial charge in [-0.25, -0.2) is 0 Å². The van der Waals surface area contributed by atoms with Crippen LogP contribution in [0.3, 0.4) is 0 Å². The van der Waals surface area contributed by atoms with Crippen molar-refractivity contribution in [3.8, 4) is 0 Å². The predicted molar refractivity (Wildman–Crippen MR) is 61.4 cm³/mol. The molecule has 0 bridgehead atoms. The van der Waals surface area contributed by atoms with Crippen molar-refractivity contribution < 1.29 is 9.90 Å². The maximum atomic E-state index is 11.2. The molecule has 0 saturated carbocycles. The van der Waals surface area contributed by atoms with Crippen molar-refractivity contribution in [2.24, 2.45) is 5.92 Å². The Morgan fingerprint density at radius 2 is 2.50 bits per heavy atom. The lowest BCUT2D eigenvalue weighted by atomic mass is 10.0. The van der Waals surface area contributed by atoms with Gasteiger partial charge in [0.1, 0.15) is 0 Å². The van der Waals surface area contributed by atoms with Gasteiger partial charge < -0.3 is 5.11 Å². The van der Waals surface area contributed by atoms with Gasteiger partial charge in [-0.1, -0.05) is 12.2 Å². The van der Waals surface area contributed by atoms with E-state index < -0.39 is 5.97 Å². The van der Waals surface area contributed by atoms with Crippen LogP contribution < -0.4 is 0 Å². The number of hydrogen-bond acceptors (Lipinski definition) is 3. The van der Waals surface area contributed by atoms with Crippen molar-refractivity contribution in [2.75, 3.05) is 5.75 Å². The fourth-order valence-electron chi connectivity index (χ4n) is 1.73. The maximum absolute atomic E-state index is 11.2. The van der Waals surface area contributed by atoms with Crippen LogP contribution in [-0.2, 0) is 4.79 Å². The molecule has 2 unspecified atom stereocenters. The number of carbonyl (C=O) groups is 1. The van der Waals surface area contributed by atoms with Crippen molar-refractivity contribution in [2.45, 2.75) is 18.1 Å². The Morgan fingerprint density at radius 1 is 1.64 bits per heavy atom. The van der Waals surface area contributed by atoms with E-state index >= 15 is 0 Å². The monoisotopic (exact) mass is 228 g/mol. The van der Waals surface area contributed by atoms with E-state index in [1.54, 1.807) is 23.5 Å². The van der Waals surface area contributed by atoms with Crippen LogP contribution >= 0.6 is 23.5 Å². The van der Waals surface area contributed by atoms with Crippen molar-refractivity contribution in [3.63, 3.8) is 0 Å². The molecule has 2 heterocycles. The van der Waals surface area contributed by atoms with Crippen molar-refractivity contribution in [1.29, 1.82) is 0 Å². The van der Waals surface area contributed by atoms with E-state index in [0.717, 1.165) is 23.5 Å². The third kappa shape index (κ3) is 2.01. The van der Waals surface area contributed by atoms with Crippen molar-refractivity contribution in [1.82, 2.24) is 0 Å². The lowest BCUT2D eigenvalue weighted by molar-refractivity contribution is -0.140. The van der Waals surface area contributed by atoms with Crippen molar-refractivity contribution in [3.05, 3.63) is 22.5 Å². The molecule has 14 heavy (non-hydrogen) atoms. The zero-order valence-corrected chi connectivity index (χ0v) is 9.31. The van der Waals surface area contributed by atoms with E-state index in [2.05, 4.69) is 12.2 Å². The Morgan fingerprint density at radius 3 is 3.00 bits per heavy atom. The standard InChI is InChI=1S/C10H12O2S2/c11-10(12)9(7-3-1-5-13-7)8-4-2-6-14-8/h1,4-5,7,9H,2-3,6H2,(H,11,12). The highest BCUT2D eigenvalue weighted by Gasteiger charge is 2.33. The number of carboxylic acid groups (broad SMARTS) is 1. The topological polar surface area (TPSA) is 37.3 Å². The summed E-state index contributed by atoms with van der Waals surface area (Å²) < 4.78 is 0. The zero-order valence-electron chi connectivity index (χ0n) is 7.68. The molecule has 2 nitrogen and oxygen atoms in total. The average Bonchev–Trinajstić information content (AvgIpc) is 2.75. The van der Waals surface area contributed by atoms with Gasteiger partial charge >= 0.3 is 5.97 Å². The van der Waals surface area contributed by atoms with Crippen LogP contribution in [0.4, 0.5) is 0 Å². The number of rotatable bonds is 3. The molecule has 0 radical (unpaired) electrons. The van der Waals surface area contributed by atoms with Gasteiger partial charge in [0.25, 0.3) is 0 Å². The van der Waals surface area contributed by atoms with Gasteiger partial charge in [-0.3, -0.25) is 4.79 Å². The van der Waals surface area contributed by atoms with Crippen LogP contribution in [0.25, 0.3) is 0 Å². The summed E-state index contributed by atoms with van der Waals surface area (Å²) in [6.07, 6.45) is 6.06. The molecular weight excluding hydrogens is 216 g/mol. The summed E-state index contributed by atoms with van der Waals surface area (Å²) in [6.45, 7) is 0. The quantitative estimate of drug-likeness (QED) is 0.806. The van der Waals surface area contributed by atoms with Crippen LogP contribution in [0.2, 0.25) is 0 Å². The third-order valence-electron chi connectivity index (χ3n) is 2.39. The maximum Gasteiger partial charge on any atom is 0.312 e. The molecule has 0 aromatic rings. The number of carboxylic acids is 1. The largest absolute Gasteiger partial charge is 0.481 e. The van der Waals surface area contributed by atoms with Crippen LogP contribution in [0.1, 0.15) is 12.8 Å². The van der Waals surface area contributed by atoms with Gasteiger partial charge in [-0.15, -0.1) is 23.5 Å². The van der Waals surface area contributed by atoms with E-state index in [1.165, 1.54) is 0 Å². The summed E-state index contributed by atoms with van der Waals surface area (Å²) in [6, 6.07) is 0. The number of allylic oxidation sites excluding steroid dienone is 2. The van der Waals surface area contributed by atoms with E-state index in [4.69, 9.17) is 0 Å². The Labute approximate surface area is 91.8 Å². The highest BCUT2D eigenvalue weighted by atomic mass is 32.2. The molecule has 0 aliphatic carbocycles. The SMILES string of the molecule is O=C(O)C(C1=CCCS1)C1CC=CS1. The lowest BCUT2D eigenvalue weighted by Gasteiger charge is -2.19. The predicted octanol–water partition coefficient (Wildman–Crippen LogP) is 2.73. The minimum Gasteiger partial charge on any atom is -0.481 e. The Bertz CT molecular complexity index is 288. The molecule has 0 aromatic heterocycles. The Kier molecular flexibility index (Phi) is 3.23. The van der Waals surface area contributed by atoms with E-state index in [1.807, 2.05) is 5.41 Å². The summed E-state index contributed by atoms with van der Waals surface area (Å²) >= 11 is 3.35. The number of thioether (sulfide) groups is 2. The van der Waals surface area contributed by atoms with E-state index in [-0.39, 0.29) is 11.2 Å². The third-order valence-corrected chi connectivity index (χ3v) is 4.75. The molecule has 0 spiro atoms. The zero-order chi connectivity index (χ0) is 9.97. The van der Waals surface area contributed by atoms with Crippen LogP contribution in [0, 0.1) is 5.92 Å². The van der Waals surface area contributed by atoms with Gasteiger partial charge in [0.05, 0.1) is 5.92 Å². The molecule has 0 saturated heterocycles. The van der Waals surface area contributed by atoms with Crippen LogP contribution in [0.5, 0.6) is 0 Å². The highest BCUT2D eigenvalue weighted by Crippen LogP contribution is 2.40.